The van der Waals surface area contributed by atoms with E-state index in [1.54, 1.807) is 0 Å². The van der Waals surface area contributed by atoms with E-state index < -0.39 is 15.2 Å². The van der Waals surface area contributed by atoms with E-state index in [4.69, 9.17) is 8.02 Å². The molecule has 0 aromatic carbocycles. The van der Waals surface area contributed by atoms with Crippen LogP contribution in [0, 0.1) is 0 Å². The summed E-state index contributed by atoms with van der Waals surface area (Å²) in [7, 11) is 0. The average Bonchev–Trinajstić information content (AvgIpc) is 0.918. The maximum absolute atomic E-state index is 8.41. The Labute approximate surface area is 52.6 Å². The van der Waals surface area contributed by atoms with Gasteiger partial charge in [0.2, 0.25) is 0 Å². The van der Waals surface area contributed by atoms with Gasteiger partial charge in [0.05, 0.1) is 0 Å². The van der Waals surface area contributed by atoms with E-state index in [1.165, 1.54) is 0 Å². The van der Waals surface area contributed by atoms with Crippen molar-refractivity contribution in [1.29, 1.82) is 0 Å². The molecule has 0 saturated heterocycles. The normalized spacial score (nSPS) is 4.25. The Bertz CT molecular complexity index is 13.5. The van der Waals surface area contributed by atoms with E-state index in [0.717, 1.165) is 0 Å². The summed E-state index contributed by atoms with van der Waals surface area (Å²) in [4.78, 5) is 0. The molecule has 0 aromatic rings. The molecule has 0 radical (unpaired) electrons. The number of hydrogen-bond donors (Lipinski definition) is 0. The van der Waals surface area contributed by atoms with E-state index in [2.05, 4.69) is 0 Å². The van der Waals surface area contributed by atoms with Gasteiger partial charge >= 0.3 is 52.8 Å². The minimum absolute atomic E-state index is 0. The predicted molar refractivity (Wildman–Crippen MR) is 0.686 cm³/mol. The molecule has 0 unspecified atom stereocenters. The van der Waals surface area contributed by atoms with Crippen LogP contribution in [0.4, 0.5) is 0 Å². The fourth-order valence-corrected chi connectivity index (χ4v) is 0. The van der Waals surface area contributed by atoms with Crippen molar-refractivity contribution >= 4 is 0 Å². The second-order valence-corrected chi connectivity index (χ2v) is 0.260. The van der Waals surface area contributed by atoms with Gasteiger partial charge in [-0.2, -0.15) is 0 Å². The van der Waals surface area contributed by atoms with Crippen LogP contribution in [0.3, 0.4) is 0 Å². The van der Waals surface area contributed by atoms with Crippen molar-refractivity contribution in [3.05, 3.63) is 0 Å². The molecule has 2 nitrogen and oxygen atoms in total. The van der Waals surface area contributed by atoms with Crippen LogP contribution in [0.15, 0.2) is 0 Å². The molecule has 0 saturated carbocycles. The molecule has 0 aromatic heterocycles. The molecular weight excluding hydrogens is 110 g/mol. The fourth-order valence-electron chi connectivity index (χ4n) is 0. The molecular formula is MnNaO2. The first kappa shape index (κ1) is 8.99. The van der Waals surface area contributed by atoms with Crippen molar-refractivity contribution in [2.75, 3.05) is 0 Å². The average molecular weight is 110 g/mol. The first-order chi connectivity index (χ1) is 1.41. The Kier molecular flexibility index (Phi) is 19.9. The molecule has 0 aliphatic heterocycles. The molecule has 4 heavy (non-hydrogen) atoms. The quantitative estimate of drug-likeness (QED) is 0.296. The van der Waals surface area contributed by atoms with Crippen LogP contribution < -0.4 is 33.7 Å². The molecule has 0 spiro atoms. The first-order valence-corrected chi connectivity index (χ1v) is 1.27. The Hall–Kier alpha value is 1.28. The van der Waals surface area contributed by atoms with E-state index in [1.807, 2.05) is 0 Å². The van der Waals surface area contributed by atoms with Crippen molar-refractivity contribution in [2.24, 2.45) is 0 Å². The maximum atomic E-state index is 8.41. The van der Waals surface area contributed by atoms with E-state index in [9.17, 15) is 0 Å². The summed E-state index contributed by atoms with van der Waals surface area (Å²) in [5.74, 6) is 0. The van der Waals surface area contributed by atoms with Gasteiger partial charge < -0.3 is 0 Å². The Morgan fingerprint density at radius 2 is 1.75 bits per heavy atom. The molecule has 4 heteroatoms. The molecule has 0 N–H and O–H groups in total. The monoisotopic (exact) mass is 110 g/mol. The van der Waals surface area contributed by atoms with E-state index >= 15 is 0 Å². The van der Waals surface area contributed by atoms with Gasteiger partial charge in [-0.3, -0.25) is 0 Å². The summed E-state index contributed by atoms with van der Waals surface area (Å²) < 4.78 is 16.8. The zero-order chi connectivity index (χ0) is 2.71. The second kappa shape index (κ2) is 8.86. The Morgan fingerprint density at radius 1 is 1.75 bits per heavy atom. The van der Waals surface area contributed by atoms with Gasteiger partial charge in [0.25, 0.3) is 0 Å². The molecule has 0 aliphatic carbocycles. The second-order valence-electron chi connectivity index (χ2n) is 0.0630. The van der Waals surface area contributed by atoms with E-state index in [0.29, 0.717) is 0 Å². The summed E-state index contributed by atoms with van der Waals surface area (Å²) in [5.41, 5.74) is 0. The summed E-state index contributed by atoms with van der Waals surface area (Å²) >= 11 is -1.44. The van der Waals surface area contributed by atoms with Crippen LogP contribution in [0.5, 0.6) is 0 Å². The number of rotatable bonds is 0. The van der Waals surface area contributed by atoms with Gasteiger partial charge in [0.15, 0.2) is 0 Å². The van der Waals surface area contributed by atoms with Gasteiger partial charge in [-0.25, -0.2) is 0 Å². The van der Waals surface area contributed by atoms with Gasteiger partial charge in [0.1, 0.15) is 0 Å². The Balaban J connectivity index is 0. The summed E-state index contributed by atoms with van der Waals surface area (Å²) in [5, 5.41) is 0. The van der Waals surface area contributed by atoms with Crippen molar-refractivity contribution in [3.8, 4) is 0 Å². The third-order valence-electron chi connectivity index (χ3n) is 0. The van der Waals surface area contributed by atoms with Crippen LogP contribution in [0.1, 0.15) is 0 Å². The summed E-state index contributed by atoms with van der Waals surface area (Å²) in [6, 6.07) is 0. The first-order valence-electron chi connectivity index (χ1n) is 0.309. The van der Waals surface area contributed by atoms with Crippen molar-refractivity contribution in [2.45, 2.75) is 0 Å². The fraction of sp³-hybridized carbons (Fsp3) is 0. The molecule has 0 amide bonds. The van der Waals surface area contributed by atoms with Crippen LogP contribution in [-0.2, 0) is 19.1 Å². The van der Waals surface area contributed by atoms with Gasteiger partial charge in [0, 0.05) is 0 Å². The van der Waals surface area contributed by atoms with Crippen molar-refractivity contribution in [1.82, 2.24) is 0 Å². The topological polar surface area (TPSA) is 40.1 Å². The molecule has 0 heterocycles. The molecule has 0 fully saturated rings. The molecule has 0 atom stereocenters. The van der Waals surface area contributed by atoms with Gasteiger partial charge in [-0.15, -0.1) is 0 Å². The van der Waals surface area contributed by atoms with Gasteiger partial charge in [-0.05, 0) is 0 Å². The van der Waals surface area contributed by atoms with Gasteiger partial charge in [-0.1, -0.05) is 0 Å². The SMILES string of the molecule is [Na+].[O]=[Mn][O-]. The number of hydrogen-bond acceptors (Lipinski definition) is 2. The molecule has 0 rings (SSSR count). The zero-order valence-corrected chi connectivity index (χ0v) is 5.37. The van der Waals surface area contributed by atoms with Crippen LogP contribution in [-0.4, -0.2) is 0 Å². The minimum atomic E-state index is -1.44. The van der Waals surface area contributed by atoms with Crippen molar-refractivity contribution < 1.29 is 52.8 Å². The zero-order valence-electron chi connectivity index (χ0n) is 2.19. The molecule has 20 valence electrons. The summed E-state index contributed by atoms with van der Waals surface area (Å²) in [6.45, 7) is 0. The van der Waals surface area contributed by atoms with Crippen LogP contribution in [0.25, 0.3) is 0 Å². The molecule has 0 aliphatic rings. The van der Waals surface area contributed by atoms with Crippen molar-refractivity contribution in [3.63, 3.8) is 0 Å². The van der Waals surface area contributed by atoms with Crippen LogP contribution in [0.2, 0.25) is 0 Å². The summed E-state index contributed by atoms with van der Waals surface area (Å²) in [6.07, 6.45) is 0. The van der Waals surface area contributed by atoms with E-state index in [-0.39, 0.29) is 29.6 Å². The standard InChI is InChI=1S/Mn.Na.2O/q;+1;;-1. The molecule has 0 bridgehead atoms. The Morgan fingerprint density at radius 3 is 1.75 bits per heavy atom. The third kappa shape index (κ3) is 10.4. The third-order valence-corrected chi connectivity index (χ3v) is 0. The van der Waals surface area contributed by atoms with Crippen LogP contribution >= 0.6 is 0 Å². The predicted octanol–water partition coefficient (Wildman–Crippen LogP) is -4.31.